The van der Waals surface area contributed by atoms with E-state index in [1.54, 1.807) is 6.07 Å². The number of amides is 1. The molecule has 132 valence electrons. The van der Waals surface area contributed by atoms with Gasteiger partial charge in [-0.1, -0.05) is 39.0 Å². The molecule has 1 amide bonds. The number of hydrogen-bond donors (Lipinski definition) is 1. The maximum Gasteiger partial charge on any atom is 0.272 e. The van der Waals surface area contributed by atoms with Crippen molar-refractivity contribution in [3.05, 3.63) is 47.9 Å². The first-order valence-corrected chi connectivity index (χ1v) is 9.02. The van der Waals surface area contributed by atoms with Crippen molar-refractivity contribution >= 4 is 17.4 Å². The highest BCUT2D eigenvalue weighted by atomic mass is 16.2. The Morgan fingerprint density at radius 2 is 1.92 bits per heavy atom. The van der Waals surface area contributed by atoms with Gasteiger partial charge in [0, 0.05) is 24.8 Å². The second kappa shape index (κ2) is 7.64. The number of rotatable bonds is 4. The molecule has 0 spiro atoms. The molecule has 0 saturated carbocycles. The summed E-state index contributed by atoms with van der Waals surface area (Å²) in [6.45, 7) is 8.17. The molecule has 1 aliphatic heterocycles. The van der Waals surface area contributed by atoms with E-state index < -0.39 is 0 Å². The van der Waals surface area contributed by atoms with Gasteiger partial charge in [-0.3, -0.25) is 4.79 Å². The van der Waals surface area contributed by atoms with Gasteiger partial charge in [0.15, 0.2) is 0 Å². The van der Waals surface area contributed by atoms with Gasteiger partial charge >= 0.3 is 0 Å². The van der Waals surface area contributed by atoms with Crippen LogP contribution < -0.4 is 5.32 Å². The third kappa shape index (κ3) is 4.16. The molecule has 5 nitrogen and oxygen atoms in total. The van der Waals surface area contributed by atoms with Crippen LogP contribution in [0.4, 0.5) is 11.5 Å². The lowest BCUT2D eigenvalue weighted by Gasteiger charge is -2.30. The lowest BCUT2D eigenvalue weighted by Crippen LogP contribution is -2.38. The fourth-order valence-electron chi connectivity index (χ4n) is 3.17. The molecule has 3 rings (SSSR count). The second-order valence-corrected chi connectivity index (χ2v) is 7.13. The summed E-state index contributed by atoms with van der Waals surface area (Å²) in [5.74, 6) is 1.74. The topological polar surface area (TPSA) is 58.1 Å². The van der Waals surface area contributed by atoms with Crippen molar-refractivity contribution in [3.8, 4) is 0 Å². The molecule has 1 aliphatic rings. The number of nitrogens with one attached hydrogen (secondary N) is 1. The van der Waals surface area contributed by atoms with Crippen LogP contribution in [0.2, 0.25) is 0 Å². The minimum atomic E-state index is -0.00510. The van der Waals surface area contributed by atoms with E-state index >= 15 is 0 Å². The van der Waals surface area contributed by atoms with Gasteiger partial charge in [0.2, 0.25) is 0 Å². The number of carbonyl (C=O) groups is 1. The maximum atomic E-state index is 12.7. The van der Waals surface area contributed by atoms with Gasteiger partial charge in [-0.15, -0.1) is 0 Å². The molecule has 5 heteroatoms. The van der Waals surface area contributed by atoms with Crippen LogP contribution in [-0.4, -0.2) is 33.9 Å². The average Bonchev–Trinajstić information content (AvgIpc) is 2.62. The zero-order valence-electron chi connectivity index (χ0n) is 15.2. The molecule has 0 aliphatic carbocycles. The van der Waals surface area contributed by atoms with Gasteiger partial charge < -0.3 is 10.2 Å². The molecule has 1 aromatic heterocycles. The van der Waals surface area contributed by atoms with Gasteiger partial charge in [0.1, 0.15) is 17.8 Å². The third-order valence-corrected chi connectivity index (χ3v) is 4.80. The average molecular weight is 338 g/mol. The molecule has 0 bridgehead atoms. The summed E-state index contributed by atoms with van der Waals surface area (Å²) >= 11 is 0. The summed E-state index contributed by atoms with van der Waals surface area (Å²) in [6.07, 6.45) is 3.58. The minimum absolute atomic E-state index is 0.00510. The number of carbonyl (C=O) groups excluding carboxylic acids is 1. The summed E-state index contributed by atoms with van der Waals surface area (Å²) in [4.78, 5) is 23.1. The molecular formula is C20H26N4O. The first kappa shape index (κ1) is 17.4. The molecule has 1 saturated heterocycles. The number of likely N-dealkylation sites (tertiary alicyclic amines) is 1. The number of anilines is 2. The largest absolute Gasteiger partial charge is 0.340 e. The van der Waals surface area contributed by atoms with E-state index in [0.717, 1.165) is 31.6 Å². The van der Waals surface area contributed by atoms with Crippen LogP contribution in [0.25, 0.3) is 0 Å². The zero-order valence-corrected chi connectivity index (χ0v) is 15.2. The Labute approximate surface area is 149 Å². The van der Waals surface area contributed by atoms with Crippen molar-refractivity contribution in [1.82, 2.24) is 14.9 Å². The maximum absolute atomic E-state index is 12.7. The Bertz CT molecular complexity index is 736. The van der Waals surface area contributed by atoms with Crippen molar-refractivity contribution < 1.29 is 4.79 Å². The first-order valence-electron chi connectivity index (χ1n) is 9.02. The Morgan fingerprint density at radius 3 is 2.64 bits per heavy atom. The molecule has 0 atom stereocenters. The van der Waals surface area contributed by atoms with Crippen LogP contribution in [0, 0.1) is 5.92 Å². The monoisotopic (exact) mass is 338 g/mol. The minimum Gasteiger partial charge on any atom is -0.340 e. The summed E-state index contributed by atoms with van der Waals surface area (Å²) in [5.41, 5.74) is 2.69. The number of para-hydroxylation sites is 1. The summed E-state index contributed by atoms with van der Waals surface area (Å²) in [7, 11) is 0. The summed E-state index contributed by atoms with van der Waals surface area (Å²) in [5, 5.41) is 3.34. The van der Waals surface area contributed by atoms with Crippen LogP contribution in [0.15, 0.2) is 36.7 Å². The molecule has 2 heterocycles. The van der Waals surface area contributed by atoms with Crippen LogP contribution in [-0.2, 0) is 0 Å². The molecular weight excluding hydrogens is 312 g/mol. The quantitative estimate of drug-likeness (QED) is 0.907. The van der Waals surface area contributed by atoms with Crippen LogP contribution in [0.3, 0.4) is 0 Å². The highest BCUT2D eigenvalue weighted by Crippen LogP contribution is 2.26. The number of hydrogen-bond acceptors (Lipinski definition) is 4. The number of nitrogens with zero attached hydrogens (tertiary/aromatic N) is 3. The van der Waals surface area contributed by atoms with E-state index in [1.165, 1.54) is 11.9 Å². The predicted octanol–water partition coefficient (Wildman–Crippen LogP) is 4.22. The Morgan fingerprint density at radius 1 is 1.20 bits per heavy atom. The molecule has 1 aromatic carbocycles. The van der Waals surface area contributed by atoms with Crippen LogP contribution >= 0.6 is 0 Å². The van der Waals surface area contributed by atoms with Crippen molar-refractivity contribution in [2.24, 2.45) is 5.92 Å². The van der Waals surface area contributed by atoms with E-state index in [9.17, 15) is 4.79 Å². The zero-order chi connectivity index (χ0) is 17.8. The molecule has 25 heavy (non-hydrogen) atoms. The van der Waals surface area contributed by atoms with Crippen molar-refractivity contribution in [3.63, 3.8) is 0 Å². The normalized spacial score (nSPS) is 15.4. The van der Waals surface area contributed by atoms with Crippen molar-refractivity contribution in [2.45, 2.75) is 39.5 Å². The summed E-state index contributed by atoms with van der Waals surface area (Å²) < 4.78 is 0. The van der Waals surface area contributed by atoms with E-state index in [1.807, 2.05) is 23.1 Å². The fourth-order valence-corrected chi connectivity index (χ4v) is 3.17. The van der Waals surface area contributed by atoms with E-state index in [4.69, 9.17) is 0 Å². The number of piperidine rings is 1. The van der Waals surface area contributed by atoms with Crippen LogP contribution in [0.5, 0.6) is 0 Å². The third-order valence-electron chi connectivity index (χ3n) is 4.80. The molecule has 1 fully saturated rings. The molecule has 0 unspecified atom stereocenters. The highest BCUT2D eigenvalue weighted by molar-refractivity contribution is 5.93. The van der Waals surface area contributed by atoms with Gasteiger partial charge in [0.25, 0.3) is 5.91 Å². The van der Waals surface area contributed by atoms with Crippen molar-refractivity contribution in [2.75, 3.05) is 18.4 Å². The molecule has 1 N–H and O–H groups in total. The van der Waals surface area contributed by atoms with Crippen molar-refractivity contribution in [1.29, 1.82) is 0 Å². The van der Waals surface area contributed by atoms with Gasteiger partial charge in [-0.2, -0.15) is 0 Å². The fraction of sp³-hybridized carbons (Fsp3) is 0.450. The van der Waals surface area contributed by atoms with Crippen LogP contribution in [0.1, 0.15) is 55.6 Å². The molecule has 2 aromatic rings. The van der Waals surface area contributed by atoms with E-state index in [0.29, 0.717) is 23.3 Å². The van der Waals surface area contributed by atoms with E-state index in [2.05, 4.69) is 42.1 Å². The summed E-state index contributed by atoms with van der Waals surface area (Å²) in [6, 6.07) is 9.92. The Kier molecular flexibility index (Phi) is 5.31. The van der Waals surface area contributed by atoms with Gasteiger partial charge in [-0.25, -0.2) is 9.97 Å². The lowest BCUT2D eigenvalue weighted by atomic mass is 9.99. The lowest BCUT2D eigenvalue weighted by molar-refractivity contribution is 0.0691. The second-order valence-electron chi connectivity index (χ2n) is 7.13. The molecule has 0 radical (unpaired) electrons. The van der Waals surface area contributed by atoms with Gasteiger partial charge in [-0.05, 0) is 36.3 Å². The van der Waals surface area contributed by atoms with E-state index in [-0.39, 0.29) is 5.91 Å². The standard InChI is InChI=1S/C20H26N4O/c1-14(2)16-6-4-5-7-17(16)23-19-12-18(21-13-22-19)20(25)24-10-8-15(3)9-11-24/h4-7,12-15H,8-11H2,1-3H3,(H,21,22,23). The number of aromatic nitrogens is 2. The number of benzene rings is 1. The highest BCUT2D eigenvalue weighted by Gasteiger charge is 2.22. The first-order chi connectivity index (χ1) is 12.0. The predicted molar refractivity (Wildman–Crippen MR) is 100 cm³/mol. The SMILES string of the molecule is CC1CCN(C(=O)c2cc(Nc3ccccc3C(C)C)ncn2)CC1. The smallest absolute Gasteiger partial charge is 0.272 e. The van der Waals surface area contributed by atoms with Gasteiger partial charge in [0.05, 0.1) is 0 Å². The Balaban J connectivity index is 1.77. The Hall–Kier alpha value is -2.43.